The van der Waals surface area contributed by atoms with Gasteiger partial charge in [0.25, 0.3) is 0 Å². The molecule has 0 aromatic carbocycles. The number of unbranched alkanes of at least 4 members (excludes halogenated alkanes) is 1. The number of hydrogen-bond donors (Lipinski definition) is 2. The Labute approximate surface area is 126 Å². The molecule has 122 valence electrons. The van der Waals surface area contributed by atoms with Gasteiger partial charge in [0.15, 0.2) is 0 Å². The monoisotopic (exact) mass is 300 g/mol. The maximum atomic E-state index is 12.3. The van der Waals surface area contributed by atoms with E-state index in [9.17, 15) is 9.59 Å². The van der Waals surface area contributed by atoms with Gasteiger partial charge in [-0.3, -0.25) is 4.79 Å². The summed E-state index contributed by atoms with van der Waals surface area (Å²) < 4.78 is 5.05. The Kier molecular flexibility index (Phi) is 8.12. The van der Waals surface area contributed by atoms with Crippen LogP contribution in [-0.2, 0) is 9.53 Å². The molecule has 0 aliphatic heterocycles. The zero-order chi connectivity index (χ0) is 15.7. The van der Waals surface area contributed by atoms with Crippen molar-refractivity contribution in [3.05, 3.63) is 0 Å². The lowest BCUT2D eigenvalue weighted by atomic mass is 9.86. The number of hydrogen-bond acceptors (Lipinski definition) is 3. The summed E-state index contributed by atoms with van der Waals surface area (Å²) in [6.07, 6.45) is 4.80. The van der Waals surface area contributed by atoms with E-state index >= 15 is 0 Å². The SMILES string of the molecule is CCCCN(CCOC)C(=O)NC1CCC(C(=O)O)CC1. The van der Waals surface area contributed by atoms with Crippen molar-refractivity contribution < 1.29 is 19.4 Å². The van der Waals surface area contributed by atoms with Crippen molar-refractivity contribution >= 4 is 12.0 Å². The largest absolute Gasteiger partial charge is 0.481 e. The van der Waals surface area contributed by atoms with Crippen molar-refractivity contribution in [1.29, 1.82) is 0 Å². The fraction of sp³-hybridized carbons (Fsp3) is 0.867. The molecule has 0 atom stereocenters. The van der Waals surface area contributed by atoms with E-state index in [-0.39, 0.29) is 18.0 Å². The average Bonchev–Trinajstić information content (AvgIpc) is 2.47. The van der Waals surface area contributed by atoms with Crippen molar-refractivity contribution in [2.24, 2.45) is 5.92 Å². The Hall–Kier alpha value is -1.30. The number of aliphatic carboxylic acids is 1. The number of carboxylic acids is 1. The van der Waals surface area contributed by atoms with Gasteiger partial charge in [-0.25, -0.2) is 4.79 Å². The van der Waals surface area contributed by atoms with Crippen LogP contribution < -0.4 is 5.32 Å². The summed E-state index contributed by atoms with van der Waals surface area (Å²) in [7, 11) is 1.63. The fourth-order valence-electron chi connectivity index (χ4n) is 2.62. The molecule has 1 rings (SSSR count). The third kappa shape index (κ3) is 6.33. The first-order chi connectivity index (χ1) is 10.1. The van der Waals surface area contributed by atoms with Crippen LogP contribution in [0.5, 0.6) is 0 Å². The van der Waals surface area contributed by atoms with E-state index in [0.29, 0.717) is 26.0 Å². The highest BCUT2D eigenvalue weighted by molar-refractivity contribution is 5.74. The molecule has 0 aromatic heterocycles. The third-order valence-electron chi connectivity index (χ3n) is 4.04. The molecule has 0 radical (unpaired) electrons. The van der Waals surface area contributed by atoms with Gasteiger partial charge in [-0.1, -0.05) is 13.3 Å². The lowest BCUT2D eigenvalue weighted by Gasteiger charge is -2.30. The van der Waals surface area contributed by atoms with Crippen LogP contribution in [0.3, 0.4) is 0 Å². The molecule has 0 aromatic rings. The van der Waals surface area contributed by atoms with Crippen molar-refractivity contribution in [2.75, 3.05) is 26.8 Å². The molecule has 0 unspecified atom stereocenters. The predicted molar refractivity (Wildman–Crippen MR) is 80.3 cm³/mol. The number of methoxy groups -OCH3 is 1. The average molecular weight is 300 g/mol. The summed E-state index contributed by atoms with van der Waals surface area (Å²) >= 11 is 0. The predicted octanol–water partition coefficient (Wildman–Crippen LogP) is 2.09. The summed E-state index contributed by atoms with van der Waals surface area (Å²) in [4.78, 5) is 25.0. The number of carbonyl (C=O) groups is 2. The summed E-state index contributed by atoms with van der Waals surface area (Å²) in [5, 5.41) is 12.0. The molecule has 1 aliphatic carbocycles. The highest BCUT2D eigenvalue weighted by Gasteiger charge is 2.27. The van der Waals surface area contributed by atoms with E-state index < -0.39 is 5.97 Å². The molecule has 1 saturated carbocycles. The Morgan fingerprint density at radius 2 is 1.90 bits per heavy atom. The van der Waals surface area contributed by atoms with Crippen LogP contribution >= 0.6 is 0 Å². The lowest BCUT2D eigenvalue weighted by molar-refractivity contribution is -0.142. The van der Waals surface area contributed by atoms with Gasteiger partial charge in [0.2, 0.25) is 0 Å². The number of carbonyl (C=O) groups excluding carboxylic acids is 1. The molecule has 6 nitrogen and oxygen atoms in total. The second kappa shape index (κ2) is 9.60. The van der Waals surface area contributed by atoms with Crippen LogP contribution in [0.25, 0.3) is 0 Å². The number of urea groups is 1. The molecule has 2 N–H and O–H groups in total. The number of amides is 2. The quantitative estimate of drug-likeness (QED) is 0.719. The molecule has 0 saturated heterocycles. The first-order valence-electron chi connectivity index (χ1n) is 7.85. The van der Waals surface area contributed by atoms with E-state index in [2.05, 4.69) is 12.2 Å². The first kappa shape index (κ1) is 17.8. The highest BCUT2D eigenvalue weighted by atomic mass is 16.5. The smallest absolute Gasteiger partial charge is 0.317 e. The Morgan fingerprint density at radius 3 is 2.43 bits per heavy atom. The van der Waals surface area contributed by atoms with Crippen molar-refractivity contribution in [1.82, 2.24) is 10.2 Å². The van der Waals surface area contributed by atoms with Crippen LogP contribution in [0.2, 0.25) is 0 Å². The molecule has 1 aliphatic rings. The summed E-state index contributed by atoms with van der Waals surface area (Å²) in [6.45, 7) is 3.95. The van der Waals surface area contributed by atoms with Gasteiger partial charge in [0.1, 0.15) is 0 Å². The zero-order valence-corrected chi connectivity index (χ0v) is 13.1. The van der Waals surface area contributed by atoms with Crippen molar-refractivity contribution in [3.63, 3.8) is 0 Å². The minimum atomic E-state index is -0.718. The number of nitrogens with zero attached hydrogens (tertiary/aromatic N) is 1. The van der Waals surface area contributed by atoms with Crippen LogP contribution in [0.1, 0.15) is 45.4 Å². The molecule has 2 amide bonds. The Morgan fingerprint density at radius 1 is 1.24 bits per heavy atom. The van der Waals surface area contributed by atoms with Gasteiger partial charge in [-0.05, 0) is 32.1 Å². The summed E-state index contributed by atoms with van der Waals surface area (Å²) in [6, 6.07) is 0.0408. The van der Waals surface area contributed by atoms with Gasteiger partial charge >= 0.3 is 12.0 Å². The maximum absolute atomic E-state index is 12.3. The maximum Gasteiger partial charge on any atom is 0.317 e. The van der Waals surface area contributed by atoms with Crippen molar-refractivity contribution in [3.8, 4) is 0 Å². The highest BCUT2D eigenvalue weighted by Crippen LogP contribution is 2.24. The molecule has 0 spiro atoms. The number of nitrogens with one attached hydrogen (secondary N) is 1. The number of carboxylic acid groups (broad SMARTS) is 1. The van der Waals surface area contributed by atoms with E-state index in [1.165, 1.54) is 0 Å². The molecular formula is C15H28N2O4. The molecule has 21 heavy (non-hydrogen) atoms. The molecule has 0 heterocycles. The molecule has 6 heteroatoms. The Bertz CT molecular complexity index is 320. The summed E-state index contributed by atoms with van der Waals surface area (Å²) in [5.74, 6) is -0.965. The van der Waals surface area contributed by atoms with Gasteiger partial charge < -0.3 is 20.1 Å². The molecule has 1 fully saturated rings. The topological polar surface area (TPSA) is 78.9 Å². The van der Waals surface area contributed by atoms with E-state index in [1.807, 2.05) is 0 Å². The minimum absolute atomic E-state index is 0.0562. The van der Waals surface area contributed by atoms with E-state index in [4.69, 9.17) is 9.84 Å². The zero-order valence-electron chi connectivity index (χ0n) is 13.1. The van der Waals surface area contributed by atoms with Crippen LogP contribution in [0.15, 0.2) is 0 Å². The summed E-state index contributed by atoms with van der Waals surface area (Å²) in [5.41, 5.74) is 0. The minimum Gasteiger partial charge on any atom is -0.481 e. The normalized spacial score (nSPS) is 21.8. The molecule has 0 bridgehead atoms. The van der Waals surface area contributed by atoms with E-state index in [1.54, 1.807) is 12.0 Å². The third-order valence-corrected chi connectivity index (χ3v) is 4.04. The van der Waals surface area contributed by atoms with Gasteiger partial charge in [-0.2, -0.15) is 0 Å². The Balaban J connectivity index is 2.40. The van der Waals surface area contributed by atoms with Crippen LogP contribution in [0.4, 0.5) is 4.79 Å². The number of rotatable bonds is 8. The standard InChI is InChI=1S/C15H28N2O4/c1-3-4-9-17(10-11-21-2)15(20)16-13-7-5-12(6-8-13)14(18)19/h12-13H,3-11H2,1-2H3,(H,16,20)(H,18,19). The van der Waals surface area contributed by atoms with Crippen LogP contribution in [-0.4, -0.2) is 54.9 Å². The fourth-order valence-corrected chi connectivity index (χ4v) is 2.62. The van der Waals surface area contributed by atoms with Crippen molar-refractivity contribution in [2.45, 2.75) is 51.5 Å². The van der Waals surface area contributed by atoms with Gasteiger partial charge in [0.05, 0.1) is 12.5 Å². The lowest BCUT2D eigenvalue weighted by Crippen LogP contribution is -2.47. The number of ether oxygens (including phenoxy) is 1. The first-order valence-corrected chi connectivity index (χ1v) is 7.85. The van der Waals surface area contributed by atoms with E-state index in [0.717, 1.165) is 32.2 Å². The second-order valence-corrected chi connectivity index (χ2v) is 5.67. The van der Waals surface area contributed by atoms with Gasteiger partial charge in [-0.15, -0.1) is 0 Å². The van der Waals surface area contributed by atoms with Crippen LogP contribution in [0, 0.1) is 5.92 Å². The molecular weight excluding hydrogens is 272 g/mol. The van der Waals surface area contributed by atoms with Gasteiger partial charge in [0, 0.05) is 26.2 Å². The second-order valence-electron chi connectivity index (χ2n) is 5.67.